The maximum atomic E-state index is 13.3. The highest BCUT2D eigenvalue weighted by Gasteiger charge is 2.06. The molecule has 0 bridgehead atoms. The Morgan fingerprint density at radius 3 is 2.33 bits per heavy atom. The molecule has 0 saturated heterocycles. The van der Waals surface area contributed by atoms with Gasteiger partial charge in [-0.3, -0.25) is 0 Å². The summed E-state index contributed by atoms with van der Waals surface area (Å²) >= 11 is 0. The fraction of sp³-hybridized carbons (Fsp3) is 0.0588. The third kappa shape index (κ3) is 3.81. The summed E-state index contributed by atoms with van der Waals surface area (Å²) in [6, 6.07) is 11.0. The normalized spacial score (nSPS) is 10.5. The molecule has 24 heavy (non-hydrogen) atoms. The number of hydrogen-bond donors (Lipinski definition) is 2. The molecule has 0 saturated carbocycles. The van der Waals surface area contributed by atoms with E-state index in [1.54, 1.807) is 25.1 Å². The molecule has 4 nitrogen and oxygen atoms in total. The van der Waals surface area contributed by atoms with E-state index in [4.69, 9.17) is 0 Å². The second-order valence-corrected chi connectivity index (χ2v) is 5.11. The van der Waals surface area contributed by atoms with Crippen LogP contribution >= 0.6 is 0 Å². The van der Waals surface area contributed by atoms with Crippen LogP contribution in [0.1, 0.15) is 5.69 Å². The van der Waals surface area contributed by atoms with Gasteiger partial charge in [0.05, 0.1) is 0 Å². The van der Waals surface area contributed by atoms with Crippen LogP contribution in [0.25, 0.3) is 0 Å². The molecule has 3 aromatic rings. The number of nitrogens with one attached hydrogen (secondary N) is 2. The van der Waals surface area contributed by atoms with E-state index in [2.05, 4.69) is 20.6 Å². The van der Waals surface area contributed by atoms with Crippen LogP contribution in [0, 0.1) is 24.4 Å². The van der Waals surface area contributed by atoms with Gasteiger partial charge < -0.3 is 10.6 Å². The zero-order valence-corrected chi connectivity index (χ0v) is 12.6. The summed E-state index contributed by atoms with van der Waals surface area (Å²) in [5, 5.41) is 5.77. The van der Waals surface area contributed by atoms with Gasteiger partial charge in [-0.25, -0.2) is 18.2 Å². The molecule has 0 amide bonds. The average molecular weight is 330 g/mol. The topological polar surface area (TPSA) is 49.8 Å². The Hall–Kier alpha value is -3.09. The lowest BCUT2D eigenvalue weighted by Gasteiger charge is -2.10. The molecule has 1 aromatic heterocycles. The second kappa shape index (κ2) is 6.57. The van der Waals surface area contributed by atoms with Gasteiger partial charge in [-0.2, -0.15) is 4.98 Å². The molecular weight excluding hydrogens is 317 g/mol. The third-order valence-electron chi connectivity index (χ3n) is 3.13. The fourth-order valence-electron chi connectivity index (χ4n) is 2.11. The van der Waals surface area contributed by atoms with Gasteiger partial charge in [0, 0.05) is 29.2 Å². The number of rotatable bonds is 4. The standard InChI is InChI=1S/C17H13F3N4/c1-10-7-16(22-13-5-6-14(19)15(20)9-13)24-17(21-10)23-12-4-2-3-11(18)8-12/h2-9H,1H3,(H2,21,22,23,24). The zero-order chi connectivity index (χ0) is 17.1. The van der Waals surface area contributed by atoms with Crippen molar-refractivity contribution in [2.75, 3.05) is 10.6 Å². The van der Waals surface area contributed by atoms with Gasteiger partial charge in [0.25, 0.3) is 0 Å². The van der Waals surface area contributed by atoms with Crippen molar-refractivity contribution in [2.24, 2.45) is 0 Å². The lowest BCUT2D eigenvalue weighted by molar-refractivity contribution is 0.509. The molecule has 0 fully saturated rings. The molecule has 2 N–H and O–H groups in total. The van der Waals surface area contributed by atoms with Crippen molar-refractivity contribution in [1.29, 1.82) is 0 Å². The number of halogens is 3. The molecule has 2 aromatic carbocycles. The number of anilines is 4. The molecule has 122 valence electrons. The minimum absolute atomic E-state index is 0.255. The minimum atomic E-state index is -0.955. The van der Waals surface area contributed by atoms with Gasteiger partial charge in [-0.15, -0.1) is 0 Å². The highest BCUT2D eigenvalue weighted by atomic mass is 19.2. The monoisotopic (exact) mass is 330 g/mol. The van der Waals surface area contributed by atoms with Crippen molar-refractivity contribution in [3.63, 3.8) is 0 Å². The first-order valence-electron chi connectivity index (χ1n) is 7.10. The van der Waals surface area contributed by atoms with E-state index in [9.17, 15) is 13.2 Å². The molecule has 0 aliphatic carbocycles. The van der Waals surface area contributed by atoms with Crippen LogP contribution in [0.2, 0.25) is 0 Å². The summed E-state index contributed by atoms with van der Waals surface area (Å²) in [5.41, 5.74) is 1.50. The molecule has 7 heteroatoms. The molecular formula is C17H13F3N4. The maximum absolute atomic E-state index is 13.3. The lowest BCUT2D eigenvalue weighted by Crippen LogP contribution is -2.03. The summed E-state index contributed by atoms with van der Waals surface area (Å²) in [4.78, 5) is 8.45. The highest BCUT2D eigenvalue weighted by molar-refractivity contribution is 5.60. The minimum Gasteiger partial charge on any atom is -0.340 e. The smallest absolute Gasteiger partial charge is 0.229 e. The Kier molecular flexibility index (Phi) is 4.33. The van der Waals surface area contributed by atoms with Crippen molar-refractivity contribution >= 4 is 23.1 Å². The molecule has 1 heterocycles. The van der Waals surface area contributed by atoms with Crippen LogP contribution in [0.4, 0.5) is 36.3 Å². The van der Waals surface area contributed by atoms with E-state index in [-0.39, 0.29) is 11.8 Å². The summed E-state index contributed by atoms with van der Waals surface area (Å²) in [6.07, 6.45) is 0. The van der Waals surface area contributed by atoms with Crippen molar-refractivity contribution < 1.29 is 13.2 Å². The van der Waals surface area contributed by atoms with Crippen LogP contribution in [0.15, 0.2) is 48.5 Å². The number of aryl methyl sites for hydroxylation is 1. The highest BCUT2D eigenvalue weighted by Crippen LogP contribution is 2.21. The van der Waals surface area contributed by atoms with Gasteiger partial charge >= 0.3 is 0 Å². The Labute approximate surface area is 136 Å². The SMILES string of the molecule is Cc1cc(Nc2ccc(F)c(F)c2)nc(Nc2cccc(F)c2)n1. The first-order valence-corrected chi connectivity index (χ1v) is 7.10. The van der Waals surface area contributed by atoms with Crippen LogP contribution < -0.4 is 10.6 Å². The third-order valence-corrected chi connectivity index (χ3v) is 3.13. The van der Waals surface area contributed by atoms with Crippen LogP contribution in [0.3, 0.4) is 0 Å². The van der Waals surface area contributed by atoms with Crippen LogP contribution in [-0.4, -0.2) is 9.97 Å². The molecule has 0 aliphatic heterocycles. The molecule has 0 spiro atoms. The maximum Gasteiger partial charge on any atom is 0.229 e. The van der Waals surface area contributed by atoms with Gasteiger partial charge in [0.2, 0.25) is 5.95 Å². The molecule has 0 unspecified atom stereocenters. The van der Waals surface area contributed by atoms with Gasteiger partial charge in [0.1, 0.15) is 11.6 Å². The van der Waals surface area contributed by atoms with Crippen molar-refractivity contribution in [3.8, 4) is 0 Å². The number of benzene rings is 2. The van der Waals surface area contributed by atoms with Crippen molar-refractivity contribution in [3.05, 3.63) is 71.7 Å². The average Bonchev–Trinajstić information content (AvgIpc) is 2.50. The molecule has 0 radical (unpaired) electrons. The zero-order valence-electron chi connectivity index (χ0n) is 12.6. The quantitative estimate of drug-likeness (QED) is 0.729. The number of hydrogen-bond acceptors (Lipinski definition) is 4. The summed E-state index contributed by atoms with van der Waals surface area (Å²) in [5.74, 6) is -1.61. The summed E-state index contributed by atoms with van der Waals surface area (Å²) in [7, 11) is 0. The molecule has 0 atom stereocenters. The van der Waals surface area contributed by atoms with Gasteiger partial charge in [-0.1, -0.05) is 6.07 Å². The number of aromatic nitrogens is 2. The first-order chi connectivity index (χ1) is 11.5. The lowest BCUT2D eigenvalue weighted by atomic mass is 10.3. The van der Waals surface area contributed by atoms with Crippen LogP contribution in [0.5, 0.6) is 0 Å². The van der Waals surface area contributed by atoms with Gasteiger partial charge in [0.15, 0.2) is 11.6 Å². The van der Waals surface area contributed by atoms with E-state index in [1.165, 1.54) is 18.2 Å². The molecule has 3 rings (SSSR count). The van der Waals surface area contributed by atoms with E-state index in [0.717, 1.165) is 12.1 Å². The van der Waals surface area contributed by atoms with E-state index < -0.39 is 11.6 Å². The summed E-state index contributed by atoms with van der Waals surface area (Å²) in [6.45, 7) is 1.76. The Morgan fingerprint density at radius 2 is 1.58 bits per heavy atom. The van der Waals surface area contributed by atoms with E-state index in [1.807, 2.05) is 0 Å². The Morgan fingerprint density at radius 1 is 0.792 bits per heavy atom. The van der Waals surface area contributed by atoms with Crippen LogP contribution in [-0.2, 0) is 0 Å². The van der Waals surface area contributed by atoms with E-state index >= 15 is 0 Å². The first kappa shape index (κ1) is 15.8. The molecule has 0 aliphatic rings. The Balaban J connectivity index is 1.84. The fourth-order valence-corrected chi connectivity index (χ4v) is 2.11. The summed E-state index contributed by atoms with van der Waals surface area (Å²) < 4.78 is 39.5. The van der Waals surface area contributed by atoms with Gasteiger partial charge in [-0.05, 0) is 37.3 Å². The van der Waals surface area contributed by atoms with E-state index in [0.29, 0.717) is 22.9 Å². The Bertz CT molecular complexity index is 883. The largest absolute Gasteiger partial charge is 0.340 e. The predicted molar refractivity (Wildman–Crippen MR) is 86.1 cm³/mol. The van der Waals surface area contributed by atoms with Crippen molar-refractivity contribution in [1.82, 2.24) is 9.97 Å². The predicted octanol–water partition coefficient (Wildman–Crippen LogP) is 4.69. The number of nitrogens with zero attached hydrogens (tertiary/aromatic N) is 2. The second-order valence-electron chi connectivity index (χ2n) is 5.11. The van der Waals surface area contributed by atoms with Crippen molar-refractivity contribution in [2.45, 2.75) is 6.92 Å².